The van der Waals surface area contributed by atoms with Crippen LogP contribution in [0.15, 0.2) is 12.1 Å². The number of ketones is 1. The first-order valence-corrected chi connectivity index (χ1v) is 12.6. The van der Waals surface area contributed by atoms with E-state index in [2.05, 4.69) is 0 Å². The molecule has 2 saturated heterocycles. The van der Waals surface area contributed by atoms with Crippen LogP contribution in [0.1, 0.15) is 24.2 Å². The summed E-state index contributed by atoms with van der Waals surface area (Å²) in [4.78, 5) is 28.6. The molecule has 2 fully saturated rings. The molecule has 0 radical (unpaired) electrons. The van der Waals surface area contributed by atoms with Crippen molar-refractivity contribution in [2.45, 2.75) is 26.1 Å². The summed E-state index contributed by atoms with van der Waals surface area (Å²) in [7, 11) is -3.59. The normalized spacial score (nSPS) is 27.2. The second-order valence-corrected chi connectivity index (χ2v) is 10.7. The van der Waals surface area contributed by atoms with E-state index in [9.17, 15) is 18.0 Å². The minimum Gasteiger partial charge on any atom is -0.486 e. The van der Waals surface area contributed by atoms with Gasteiger partial charge < -0.3 is 14.2 Å². The number of carbonyl (C=O) groups is 2. The lowest BCUT2D eigenvalue weighted by Crippen LogP contribution is -2.58. The van der Waals surface area contributed by atoms with E-state index in [0.717, 1.165) is 0 Å². The molecule has 5 rings (SSSR count). The standard InChI is InChI=1S/C21H28N4O7S/c1-14-11-24(12-15(2)32-14)33(28,29)23-5-3-22(4-6-23)13-25-17-10-19-18(30-7-8-31-19)9-16(17)20(26)21(25)27/h9-10,14-15H,3-8,11-13H2,1-2H3/t14-,15+. The average molecular weight is 481 g/mol. The lowest BCUT2D eigenvalue weighted by Gasteiger charge is -2.40. The van der Waals surface area contributed by atoms with Crippen molar-refractivity contribution in [3.05, 3.63) is 17.7 Å². The molecule has 180 valence electrons. The number of fused-ring (bicyclic) bond motifs is 2. The van der Waals surface area contributed by atoms with Gasteiger partial charge in [-0.2, -0.15) is 17.0 Å². The topological polar surface area (TPSA) is 109 Å². The zero-order valence-electron chi connectivity index (χ0n) is 18.7. The maximum Gasteiger partial charge on any atom is 0.300 e. The number of Topliss-reactive ketones (excluding diaryl/α,β-unsaturated/α-hetero) is 1. The van der Waals surface area contributed by atoms with Crippen LogP contribution in [0.3, 0.4) is 0 Å². The van der Waals surface area contributed by atoms with E-state index in [0.29, 0.717) is 75.2 Å². The van der Waals surface area contributed by atoms with Gasteiger partial charge in [-0.1, -0.05) is 0 Å². The molecule has 11 nitrogen and oxygen atoms in total. The van der Waals surface area contributed by atoms with Gasteiger partial charge in [-0.15, -0.1) is 0 Å². The van der Waals surface area contributed by atoms with E-state index < -0.39 is 21.9 Å². The highest BCUT2D eigenvalue weighted by molar-refractivity contribution is 7.86. The molecule has 4 aliphatic heterocycles. The van der Waals surface area contributed by atoms with E-state index in [-0.39, 0.29) is 18.9 Å². The maximum absolute atomic E-state index is 13.1. The summed E-state index contributed by atoms with van der Waals surface area (Å²) in [5, 5.41) is 0. The largest absolute Gasteiger partial charge is 0.486 e. The Morgan fingerprint density at radius 1 is 0.909 bits per heavy atom. The molecule has 4 aliphatic rings. The zero-order valence-corrected chi connectivity index (χ0v) is 19.5. The maximum atomic E-state index is 13.1. The van der Waals surface area contributed by atoms with Gasteiger partial charge in [-0.3, -0.25) is 19.4 Å². The molecular formula is C21H28N4O7S. The van der Waals surface area contributed by atoms with Crippen molar-refractivity contribution in [2.75, 3.05) is 64.1 Å². The number of piperazine rings is 1. The Morgan fingerprint density at radius 2 is 1.52 bits per heavy atom. The van der Waals surface area contributed by atoms with Crippen LogP contribution in [-0.4, -0.2) is 105 Å². The summed E-state index contributed by atoms with van der Waals surface area (Å²) in [6.45, 7) is 6.95. The van der Waals surface area contributed by atoms with Crippen molar-refractivity contribution >= 4 is 27.6 Å². The van der Waals surface area contributed by atoms with Crippen LogP contribution in [0.4, 0.5) is 5.69 Å². The molecule has 0 spiro atoms. The third kappa shape index (κ3) is 4.10. The van der Waals surface area contributed by atoms with Gasteiger partial charge in [0.1, 0.15) is 13.2 Å². The first-order valence-electron chi connectivity index (χ1n) is 11.2. The number of nitrogens with zero attached hydrogens (tertiary/aromatic N) is 4. The molecule has 0 N–H and O–H groups in total. The number of rotatable bonds is 4. The van der Waals surface area contributed by atoms with Crippen LogP contribution >= 0.6 is 0 Å². The van der Waals surface area contributed by atoms with Gasteiger partial charge in [0.25, 0.3) is 16.0 Å². The van der Waals surface area contributed by atoms with E-state index in [1.165, 1.54) is 13.5 Å². The first-order chi connectivity index (χ1) is 15.7. The molecule has 33 heavy (non-hydrogen) atoms. The molecule has 0 aliphatic carbocycles. The van der Waals surface area contributed by atoms with Crippen molar-refractivity contribution < 1.29 is 32.2 Å². The smallest absolute Gasteiger partial charge is 0.300 e. The van der Waals surface area contributed by atoms with Crippen molar-refractivity contribution in [1.29, 1.82) is 0 Å². The molecule has 4 heterocycles. The monoisotopic (exact) mass is 480 g/mol. The van der Waals surface area contributed by atoms with Crippen LogP contribution in [0.25, 0.3) is 0 Å². The number of carbonyl (C=O) groups excluding carboxylic acids is 2. The van der Waals surface area contributed by atoms with Crippen LogP contribution < -0.4 is 14.4 Å². The molecule has 12 heteroatoms. The summed E-state index contributed by atoms with van der Waals surface area (Å²) in [6.07, 6.45) is -0.299. The lowest BCUT2D eigenvalue weighted by molar-refractivity contribution is -0.114. The number of amides is 1. The number of hydrogen-bond acceptors (Lipinski definition) is 8. The van der Waals surface area contributed by atoms with Crippen LogP contribution in [0.2, 0.25) is 0 Å². The van der Waals surface area contributed by atoms with Crippen LogP contribution in [0.5, 0.6) is 11.5 Å². The van der Waals surface area contributed by atoms with Crippen molar-refractivity contribution in [1.82, 2.24) is 13.5 Å². The van der Waals surface area contributed by atoms with Crippen LogP contribution in [0, 0.1) is 0 Å². The lowest BCUT2D eigenvalue weighted by atomic mass is 10.1. The van der Waals surface area contributed by atoms with Crippen molar-refractivity contribution in [3.8, 4) is 11.5 Å². The molecule has 1 amide bonds. The number of morpholine rings is 1. The third-order valence-electron chi connectivity index (χ3n) is 6.35. The molecule has 0 saturated carbocycles. The third-order valence-corrected chi connectivity index (χ3v) is 8.32. The summed E-state index contributed by atoms with van der Waals surface area (Å²) < 4.78 is 46.0. The number of benzene rings is 1. The first kappa shape index (κ1) is 22.5. The predicted octanol–water partition coefficient (Wildman–Crippen LogP) is -0.0838. The summed E-state index contributed by atoms with van der Waals surface area (Å²) in [5.41, 5.74) is 0.807. The van der Waals surface area contributed by atoms with E-state index >= 15 is 0 Å². The molecule has 1 aromatic carbocycles. The van der Waals surface area contributed by atoms with Gasteiger partial charge in [-0.05, 0) is 19.9 Å². The van der Waals surface area contributed by atoms with E-state index in [1.54, 1.807) is 12.1 Å². The Labute approximate surface area is 192 Å². The second kappa shape index (κ2) is 8.51. The molecule has 0 unspecified atom stereocenters. The fourth-order valence-corrected chi connectivity index (χ4v) is 6.50. The van der Waals surface area contributed by atoms with Crippen LogP contribution in [-0.2, 0) is 19.7 Å². The Morgan fingerprint density at radius 3 is 2.15 bits per heavy atom. The number of anilines is 1. The second-order valence-electron chi connectivity index (χ2n) is 8.82. The highest BCUT2D eigenvalue weighted by Gasteiger charge is 2.40. The number of ether oxygens (including phenoxy) is 3. The van der Waals surface area contributed by atoms with Gasteiger partial charge in [0.2, 0.25) is 0 Å². The average Bonchev–Trinajstić information content (AvgIpc) is 3.01. The SMILES string of the molecule is C[C@@H]1CN(S(=O)(=O)N2CCN(CN3C(=O)C(=O)c4cc5c(cc43)OCCO5)CC2)C[C@H](C)O1. The van der Waals surface area contributed by atoms with Crippen molar-refractivity contribution in [3.63, 3.8) is 0 Å². The molecule has 0 aromatic heterocycles. The Hall–Kier alpha value is -2.25. The number of hydrogen-bond donors (Lipinski definition) is 0. The quantitative estimate of drug-likeness (QED) is 0.551. The molecule has 2 atom stereocenters. The Balaban J connectivity index is 1.26. The van der Waals surface area contributed by atoms with E-state index in [4.69, 9.17) is 14.2 Å². The predicted molar refractivity (Wildman–Crippen MR) is 118 cm³/mol. The van der Waals surface area contributed by atoms with Gasteiger partial charge in [0, 0.05) is 45.3 Å². The fourth-order valence-electron chi connectivity index (χ4n) is 4.75. The summed E-state index contributed by atoms with van der Waals surface area (Å²) >= 11 is 0. The zero-order chi connectivity index (χ0) is 23.3. The van der Waals surface area contributed by atoms with E-state index in [1.807, 2.05) is 18.7 Å². The Kier molecular flexibility index (Phi) is 5.81. The van der Waals surface area contributed by atoms with Gasteiger partial charge in [-0.25, -0.2) is 0 Å². The molecule has 0 bridgehead atoms. The van der Waals surface area contributed by atoms with Gasteiger partial charge in [0.15, 0.2) is 11.5 Å². The highest BCUT2D eigenvalue weighted by atomic mass is 32.2. The summed E-state index contributed by atoms with van der Waals surface area (Å²) in [5.74, 6) is -0.191. The minimum absolute atomic E-state index is 0.149. The molecular weight excluding hydrogens is 452 g/mol. The highest BCUT2D eigenvalue weighted by Crippen LogP contribution is 2.40. The Bertz CT molecular complexity index is 1060. The fraction of sp³-hybridized carbons (Fsp3) is 0.619. The summed E-state index contributed by atoms with van der Waals surface area (Å²) in [6, 6.07) is 3.24. The molecule has 1 aromatic rings. The minimum atomic E-state index is -3.59. The van der Waals surface area contributed by atoms with Gasteiger partial charge in [0.05, 0.1) is 30.1 Å². The van der Waals surface area contributed by atoms with Crippen molar-refractivity contribution in [2.24, 2.45) is 0 Å². The van der Waals surface area contributed by atoms with Gasteiger partial charge >= 0.3 is 5.91 Å².